The van der Waals surface area contributed by atoms with E-state index in [1.54, 1.807) is 0 Å². The number of hydrogen-bond donors (Lipinski definition) is 1. The summed E-state index contributed by atoms with van der Waals surface area (Å²) in [6.07, 6.45) is 1.48. The first-order valence-electron chi connectivity index (χ1n) is 11.4. The van der Waals surface area contributed by atoms with Crippen LogP contribution >= 0.6 is 7.60 Å². The predicted molar refractivity (Wildman–Crippen MR) is 132 cm³/mol. The van der Waals surface area contributed by atoms with Crippen molar-refractivity contribution >= 4 is 17.6 Å². The van der Waals surface area contributed by atoms with E-state index in [2.05, 4.69) is 18.8 Å². The van der Waals surface area contributed by atoms with Crippen LogP contribution in [0, 0.1) is 20.8 Å². The van der Waals surface area contributed by atoms with Crippen molar-refractivity contribution in [1.82, 2.24) is 4.72 Å². The average Bonchev–Trinajstić information content (AvgIpc) is 2.55. The fraction of sp³-hybridized carbons (Fsp3) is 0.739. The van der Waals surface area contributed by atoms with Gasteiger partial charge in [-0.25, -0.2) is 13.1 Å². The van der Waals surface area contributed by atoms with Crippen LogP contribution in [0.3, 0.4) is 0 Å². The van der Waals surface area contributed by atoms with Gasteiger partial charge in [-0.1, -0.05) is 17.7 Å². The highest BCUT2D eigenvalue weighted by molar-refractivity contribution is 7.89. The molecule has 194 valence electrons. The van der Waals surface area contributed by atoms with Gasteiger partial charge in [0.2, 0.25) is 10.0 Å². The van der Waals surface area contributed by atoms with Crippen molar-refractivity contribution in [2.75, 3.05) is 39.9 Å². The van der Waals surface area contributed by atoms with Gasteiger partial charge in [0, 0.05) is 19.4 Å². The van der Waals surface area contributed by atoms with Crippen molar-refractivity contribution in [3.8, 4) is 0 Å². The van der Waals surface area contributed by atoms with Gasteiger partial charge in [0.05, 0.1) is 50.5 Å². The molecule has 0 saturated carbocycles. The number of nitrogens with zero attached hydrogens (tertiary/aromatic N) is 1. The Morgan fingerprint density at radius 1 is 0.939 bits per heavy atom. The second kappa shape index (κ2) is 13.7. The fourth-order valence-electron chi connectivity index (χ4n) is 3.95. The molecule has 0 bridgehead atoms. The molecule has 1 N–H and O–H groups in total. The van der Waals surface area contributed by atoms with Gasteiger partial charge in [-0.2, -0.15) is 0 Å². The van der Waals surface area contributed by atoms with E-state index < -0.39 is 17.6 Å². The number of nitrogens with one attached hydrogen (secondary N) is 1. The molecule has 0 aliphatic rings. The highest BCUT2D eigenvalue weighted by Crippen LogP contribution is 2.51. The quantitative estimate of drug-likeness (QED) is 0.209. The minimum atomic E-state index is -3.54. The molecule has 0 heterocycles. The molecule has 0 spiro atoms. The Morgan fingerprint density at radius 3 is 1.85 bits per heavy atom. The lowest BCUT2D eigenvalue weighted by Gasteiger charge is -2.31. The molecule has 33 heavy (non-hydrogen) atoms. The molecular formula is C23H44BrN2O5PS. The van der Waals surface area contributed by atoms with Crippen molar-refractivity contribution in [1.29, 1.82) is 0 Å². The third-order valence-corrected chi connectivity index (χ3v) is 9.16. The number of halogens is 1. The maximum atomic E-state index is 13.0. The largest absolute Gasteiger partial charge is 1.00 e. The van der Waals surface area contributed by atoms with Gasteiger partial charge in [0.25, 0.3) is 0 Å². The first kappa shape index (κ1) is 32.7. The maximum absolute atomic E-state index is 13.0. The van der Waals surface area contributed by atoms with Gasteiger partial charge in [-0.15, -0.1) is 0 Å². The number of benzene rings is 1. The molecule has 0 atom stereocenters. The van der Waals surface area contributed by atoms with Crippen LogP contribution in [0.25, 0.3) is 0 Å². The number of rotatable bonds is 14. The van der Waals surface area contributed by atoms with Gasteiger partial charge in [-0.05, 0) is 59.6 Å². The second-order valence-electron chi connectivity index (χ2n) is 9.86. The second-order valence-corrected chi connectivity index (χ2v) is 13.7. The number of quaternary nitrogens is 1. The van der Waals surface area contributed by atoms with Crippen LogP contribution in [-0.4, -0.2) is 65.0 Å². The van der Waals surface area contributed by atoms with E-state index in [4.69, 9.17) is 9.05 Å². The minimum absolute atomic E-state index is 0. The van der Waals surface area contributed by atoms with Crippen LogP contribution in [0.2, 0.25) is 0 Å². The monoisotopic (exact) mass is 570 g/mol. The zero-order valence-corrected chi connectivity index (χ0v) is 25.1. The molecule has 0 unspecified atom stereocenters. The molecule has 0 aromatic heterocycles. The summed E-state index contributed by atoms with van der Waals surface area (Å²) in [4.78, 5) is 0.378. The molecule has 0 saturated heterocycles. The van der Waals surface area contributed by atoms with Crippen molar-refractivity contribution in [2.24, 2.45) is 0 Å². The van der Waals surface area contributed by atoms with Crippen LogP contribution in [-0.2, 0) is 23.6 Å². The highest BCUT2D eigenvalue weighted by Gasteiger charge is 2.29. The molecular weight excluding hydrogens is 527 g/mol. The van der Waals surface area contributed by atoms with E-state index >= 15 is 0 Å². The maximum Gasteiger partial charge on any atom is 0.331 e. The highest BCUT2D eigenvalue weighted by atomic mass is 79.9. The minimum Gasteiger partial charge on any atom is -1.00 e. The first-order valence-corrected chi connectivity index (χ1v) is 14.6. The molecule has 0 fully saturated rings. The smallest absolute Gasteiger partial charge is 0.331 e. The summed E-state index contributed by atoms with van der Waals surface area (Å²) in [6.45, 7) is 15.0. The lowest BCUT2D eigenvalue weighted by molar-refractivity contribution is -0.890. The fourth-order valence-corrected chi connectivity index (χ4v) is 7.55. The van der Waals surface area contributed by atoms with E-state index in [0.29, 0.717) is 34.9 Å². The zero-order valence-electron chi connectivity index (χ0n) is 21.8. The van der Waals surface area contributed by atoms with Gasteiger partial charge < -0.3 is 30.5 Å². The third kappa shape index (κ3) is 11.8. The molecule has 0 aliphatic carbocycles. The van der Waals surface area contributed by atoms with Crippen molar-refractivity contribution in [3.63, 3.8) is 0 Å². The van der Waals surface area contributed by atoms with E-state index in [9.17, 15) is 13.0 Å². The number of hydrogen-bond acceptors (Lipinski definition) is 5. The van der Waals surface area contributed by atoms with Crippen molar-refractivity contribution in [3.05, 3.63) is 28.8 Å². The number of aryl methyl sites for hydroxylation is 3. The van der Waals surface area contributed by atoms with Crippen LogP contribution in [0.4, 0.5) is 0 Å². The molecule has 0 aliphatic heterocycles. The Labute approximate surface area is 212 Å². The molecule has 1 aromatic carbocycles. The van der Waals surface area contributed by atoms with Crippen LogP contribution in [0.1, 0.15) is 57.2 Å². The average molecular weight is 572 g/mol. The SMILES string of the molecule is Cc1cc(C)c(S(=O)(=O)NCCC[N+](C)(C)CCCP(=O)(OC(C)C)OC(C)C)c(C)c1.[Br-]. The lowest BCUT2D eigenvalue weighted by atomic mass is 10.1. The predicted octanol–water partition coefficient (Wildman–Crippen LogP) is 1.79. The molecule has 10 heteroatoms. The van der Waals surface area contributed by atoms with E-state index in [1.165, 1.54) is 0 Å². The van der Waals surface area contributed by atoms with Crippen LogP contribution < -0.4 is 21.7 Å². The topological polar surface area (TPSA) is 81.7 Å². The number of sulfonamides is 1. The summed E-state index contributed by atoms with van der Waals surface area (Å²) in [7, 11) is -2.47. The van der Waals surface area contributed by atoms with Crippen molar-refractivity contribution in [2.45, 2.75) is 78.4 Å². The van der Waals surface area contributed by atoms with Gasteiger partial charge in [-0.3, -0.25) is 4.57 Å². The molecule has 0 amide bonds. The summed E-state index contributed by atoms with van der Waals surface area (Å²) < 4.78 is 53.2. The summed E-state index contributed by atoms with van der Waals surface area (Å²) in [5.74, 6) is 0. The van der Waals surface area contributed by atoms with E-state index in [1.807, 2.05) is 60.6 Å². The summed E-state index contributed by atoms with van der Waals surface area (Å²) >= 11 is 0. The van der Waals surface area contributed by atoms with Crippen LogP contribution in [0.5, 0.6) is 0 Å². The zero-order chi connectivity index (χ0) is 24.7. The molecule has 7 nitrogen and oxygen atoms in total. The van der Waals surface area contributed by atoms with Gasteiger partial charge in [0.15, 0.2) is 0 Å². The molecule has 1 aromatic rings. The Kier molecular flexibility index (Phi) is 13.6. The first-order chi connectivity index (χ1) is 14.6. The lowest BCUT2D eigenvalue weighted by Crippen LogP contribution is -3.00. The molecule has 0 radical (unpaired) electrons. The molecule has 1 rings (SSSR count). The summed E-state index contributed by atoms with van der Waals surface area (Å²) in [5, 5.41) is 0. The standard InChI is InChI=1S/C23H44N2O5PS.BrH/c1-18(2)29-31(26,30-19(3)4)15-11-14-25(8,9)13-10-12-24-32(27,28)23-21(6)16-20(5)17-22(23)7;/h16-19,24H,10-15H2,1-9H3;1H/q+1;/p-1. The Bertz CT molecular complexity index is 867. The van der Waals surface area contributed by atoms with Crippen LogP contribution in [0.15, 0.2) is 17.0 Å². The summed E-state index contributed by atoms with van der Waals surface area (Å²) in [5.41, 5.74) is 2.59. The summed E-state index contributed by atoms with van der Waals surface area (Å²) in [6, 6.07) is 3.79. The van der Waals surface area contributed by atoms with E-state index in [0.717, 1.165) is 29.8 Å². The normalized spacial score (nSPS) is 12.9. The van der Waals surface area contributed by atoms with E-state index in [-0.39, 0.29) is 29.2 Å². The van der Waals surface area contributed by atoms with Gasteiger partial charge in [0.1, 0.15) is 0 Å². The van der Waals surface area contributed by atoms with Crippen molar-refractivity contribution < 1.29 is 43.5 Å². The van der Waals surface area contributed by atoms with Gasteiger partial charge >= 0.3 is 7.60 Å². The Hall–Kier alpha value is -0.280. The Morgan fingerprint density at radius 2 is 1.39 bits per heavy atom. The third-order valence-electron chi connectivity index (χ3n) is 5.04. The Balaban J connectivity index is 0.0000102.